The third-order valence-electron chi connectivity index (χ3n) is 7.96. The Bertz CT molecular complexity index is 978. The van der Waals surface area contributed by atoms with Crippen LogP contribution in [0.3, 0.4) is 0 Å². The monoisotopic (exact) mass is 507 g/mol. The summed E-state index contributed by atoms with van der Waals surface area (Å²) in [5.74, 6) is 1.02. The summed E-state index contributed by atoms with van der Waals surface area (Å²) in [5, 5.41) is 0. The zero-order valence-corrected chi connectivity index (χ0v) is 23.8. The van der Waals surface area contributed by atoms with Crippen molar-refractivity contribution in [3.05, 3.63) is 41.9 Å². The Morgan fingerprint density at radius 3 is 2.24 bits per heavy atom. The topological polar surface area (TPSA) is 55.2 Å². The third kappa shape index (κ3) is 8.28. The predicted molar refractivity (Wildman–Crippen MR) is 153 cm³/mol. The van der Waals surface area contributed by atoms with Crippen LogP contribution in [0.4, 0.5) is 0 Å². The highest BCUT2D eigenvalue weighted by Gasteiger charge is 2.34. The molecular formula is C32H49N3O2. The molecule has 1 amide bonds. The van der Waals surface area contributed by atoms with Crippen LogP contribution < -0.4 is 0 Å². The number of nitrogens with zero attached hydrogens (tertiary/aromatic N) is 3. The van der Waals surface area contributed by atoms with E-state index in [4.69, 9.17) is 4.98 Å². The van der Waals surface area contributed by atoms with Crippen molar-refractivity contribution in [3.63, 3.8) is 0 Å². The molecule has 5 heteroatoms. The number of aromatic nitrogens is 2. The molecule has 1 aromatic carbocycles. The smallest absolute Gasteiger partial charge is 0.232 e. The average Bonchev–Trinajstić information content (AvgIpc) is 3.37. The lowest BCUT2D eigenvalue weighted by atomic mass is 9.98. The summed E-state index contributed by atoms with van der Waals surface area (Å²) < 4.78 is 1.78. The molecule has 2 atom stereocenters. The Hall–Kier alpha value is -2.43. The molecule has 37 heavy (non-hydrogen) atoms. The second kappa shape index (κ2) is 15.1. The van der Waals surface area contributed by atoms with Crippen LogP contribution in [-0.4, -0.2) is 32.8 Å². The number of hydrogen-bond donors (Lipinski definition) is 0. The Kier molecular flexibility index (Phi) is 11.9. The van der Waals surface area contributed by atoms with Crippen LogP contribution in [0.1, 0.15) is 133 Å². The number of imidazole rings is 1. The maximum absolute atomic E-state index is 13.5. The highest BCUT2D eigenvalue weighted by molar-refractivity contribution is 5.82. The number of carbonyl (C=O) groups is 2. The number of hydrogen-bond acceptors (Lipinski definition) is 3. The molecule has 1 fully saturated rings. The van der Waals surface area contributed by atoms with Gasteiger partial charge in [-0.25, -0.2) is 4.98 Å². The molecule has 204 valence electrons. The summed E-state index contributed by atoms with van der Waals surface area (Å²) in [5.41, 5.74) is 3.02. The molecule has 2 heterocycles. The fraction of sp³-hybridized carbons (Fsp3) is 0.656. The maximum Gasteiger partial charge on any atom is 0.232 e. The summed E-state index contributed by atoms with van der Waals surface area (Å²) in [4.78, 5) is 33.8. The molecule has 1 saturated heterocycles. The van der Waals surface area contributed by atoms with Gasteiger partial charge in [-0.3, -0.25) is 14.2 Å². The van der Waals surface area contributed by atoms with Crippen molar-refractivity contribution in [1.29, 1.82) is 0 Å². The molecule has 1 aliphatic rings. The Balaban J connectivity index is 1.74. The number of aryl methyl sites for hydroxylation is 1. The van der Waals surface area contributed by atoms with E-state index in [-0.39, 0.29) is 23.8 Å². The summed E-state index contributed by atoms with van der Waals surface area (Å²) >= 11 is 0. The van der Waals surface area contributed by atoms with Crippen LogP contribution in [0.25, 0.3) is 11.3 Å². The minimum absolute atomic E-state index is 0.0155. The first kappa shape index (κ1) is 29.1. The van der Waals surface area contributed by atoms with Crippen molar-refractivity contribution in [2.75, 3.05) is 6.54 Å². The van der Waals surface area contributed by atoms with Crippen molar-refractivity contribution in [3.8, 4) is 11.3 Å². The van der Waals surface area contributed by atoms with E-state index < -0.39 is 0 Å². The maximum atomic E-state index is 13.5. The Morgan fingerprint density at radius 1 is 0.946 bits per heavy atom. The minimum atomic E-state index is -0.137. The molecule has 0 spiro atoms. The summed E-state index contributed by atoms with van der Waals surface area (Å²) in [7, 11) is 0. The van der Waals surface area contributed by atoms with Crippen LogP contribution in [0.2, 0.25) is 0 Å². The molecule has 2 aromatic rings. The van der Waals surface area contributed by atoms with Crippen molar-refractivity contribution in [2.24, 2.45) is 5.92 Å². The lowest BCUT2D eigenvalue weighted by molar-refractivity contribution is -0.139. The molecule has 1 aliphatic heterocycles. The van der Waals surface area contributed by atoms with E-state index in [2.05, 4.69) is 45.0 Å². The summed E-state index contributed by atoms with van der Waals surface area (Å²) in [6, 6.07) is 8.16. The second-order valence-corrected chi connectivity index (χ2v) is 11.0. The van der Waals surface area contributed by atoms with E-state index in [1.54, 1.807) is 4.57 Å². The number of unbranched alkanes of at least 4 members (excludes halogenated alkanes) is 8. The van der Waals surface area contributed by atoms with Crippen LogP contribution in [0.5, 0.6) is 0 Å². The van der Waals surface area contributed by atoms with Crippen molar-refractivity contribution in [1.82, 2.24) is 14.5 Å². The van der Waals surface area contributed by atoms with Gasteiger partial charge in [-0.2, -0.15) is 0 Å². The molecule has 0 aliphatic carbocycles. The minimum Gasteiger partial charge on any atom is -0.332 e. The van der Waals surface area contributed by atoms with E-state index in [1.807, 2.05) is 18.0 Å². The van der Waals surface area contributed by atoms with Gasteiger partial charge in [-0.05, 0) is 39.0 Å². The van der Waals surface area contributed by atoms with Gasteiger partial charge in [0, 0.05) is 30.6 Å². The first-order valence-corrected chi connectivity index (χ1v) is 15.0. The molecule has 3 rings (SSSR count). The number of amides is 1. The summed E-state index contributed by atoms with van der Waals surface area (Å²) in [6.07, 6.45) is 17.3. The van der Waals surface area contributed by atoms with Gasteiger partial charge in [0.1, 0.15) is 5.82 Å². The SMILES string of the molecule is CCCCCCCCCCCC(=O)n1cc(-c2ccc(C)cc2)nc1C1CCCCN1C(=O)C(C)CC. The Labute approximate surface area is 225 Å². The standard InChI is InChI=1S/C32H49N3O2/c1-5-7-8-9-10-11-12-13-14-18-30(36)35-24-28(27-21-19-25(3)20-22-27)33-31(35)29-17-15-16-23-34(29)32(37)26(4)6-2/h19-22,24,26,29H,5-18,23H2,1-4H3. The van der Waals surface area contributed by atoms with Gasteiger partial charge in [0.15, 0.2) is 0 Å². The molecule has 0 bridgehead atoms. The van der Waals surface area contributed by atoms with Gasteiger partial charge in [-0.15, -0.1) is 0 Å². The normalized spacial score (nSPS) is 16.6. The number of piperidine rings is 1. The average molecular weight is 508 g/mol. The van der Waals surface area contributed by atoms with E-state index in [1.165, 1.54) is 50.5 Å². The largest absolute Gasteiger partial charge is 0.332 e. The van der Waals surface area contributed by atoms with Gasteiger partial charge >= 0.3 is 0 Å². The first-order valence-electron chi connectivity index (χ1n) is 15.0. The van der Waals surface area contributed by atoms with E-state index in [0.29, 0.717) is 6.42 Å². The highest BCUT2D eigenvalue weighted by atomic mass is 16.2. The van der Waals surface area contributed by atoms with Crippen molar-refractivity contribution >= 4 is 11.8 Å². The lowest BCUT2D eigenvalue weighted by Gasteiger charge is -2.36. The van der Waals surface area contributed by atoms with Crippen LogP contribution in [0.15, 0.2) is 30.5 Å². The van der Waals surface area contributed by atoms with Gasteiger partial charge in [0.05, 0.1) is 11.7 Å². The van der Waals surface area contributed by atoms with Gasteiger partial charge < -0.3 is 4.90 Å². The number of likely N-dealkylation sites (tertiary alicyclic amines) is 1. The fourth-order valence-corrected chi connectivity index (χ4v) is 5.32. The number of benzene rings is 1. The fourth-order valence-electron chi connectivity index (χ4n) is 5.32. The van der Waals surface area contributed by atoms with Gasteiger partial charge in [0.2, 0.25) is 11.8 Å². The van der Waals surface area contributed by atoms with E-state index in [9.17, 15) is 9.59 Å². The predicted octanol–water partition coefficient (Wildman–Crippen LogP) is 8.52. The molecule has 5 nitrogen and oxygen atoms in total. The highest BCUT2D eigenvalue weighted by Crippen LogP contribution is 2.34. The van der Waals surface area contributed by atoms with Crippen molar-refractivity contribution < 1.29 is 9.59 Å². The molecule has 0 saturated carbocycles. The quantitative estimate of drug-likeness (QED) is 0.241. The molecule has 1 aromatic heterocycles. The van der Waals surface area contributed by atoms with E-state index >= 15 is 0 Å². The lowest BCUT2D eigenvalue weighted by Crippen LogP contribution is -2.42. The first-order chi connectivity index (χ1) is 18.0. The second-order valence-electron chi connectivity index (χ2n) is 11.0. The molecule has 0 radical (unpaired) electrons. The Morgan fingerprint density at radius 2 is 1.59 bits per heavy atom. The molecule has 0 N–H and O–H groups in total. The number of rotatable bonds is 14. The van der Waals surface area contributed by atoms with Crippen LogP contribution in [0, 0.1) is 12.8 Å². The van der Waals surface area contributed by atoms with Crippen molar-refractivity contribution in [2.45, 2.75) is 124 Å². The van der Waals surface area contributed by atoms with Crippen LogP contribution >= 0.6 is 0 Å². The molecular weight excluding hydrogens is 458 g/mol. The van der Waals surface area contributed by atoms with E-state index in [0.717, 1.165) is 62.2 Å². The zero-order chi connectivity index (χ0) is 26.6. The van der Waals surface area contributed by atoms with Gasteiger partial charge in [-0.1, -0.05) is 102 Å². The third-order valence-corrected chi connectivity index (χ3v) is 7.96. The summed E-state index contributed by atoms with van der Waals surface area (Å²) in [6.45, 7) is 9.14. The number of carbonyl (C=O) groups excluding carboxylic acids is 2. The zero-order valence-electron chi connectivity index (χ0n) is 23.8. The molecule has 2 unspecified atom stereocenters. The van der Waals surface area contributed by atoms with Gasteiger partial charge in [0.25, 0.3) is 0 Å². The van der Waals surface area contributed by atoms with Crippen LogP contribution in [-0.2, 0) is 4.79 Å².